The van der Waals surface area contributed by atoms with Crippen LogP contribution in [0.4, 0.5) is 5.69 Å². The lowest BCUT2D eigenvalue weighted by atomic mass is 10.3. The molecule has 1 saturated carbocycles. The SMILES string of the molecule is CN(C)c1cccc(Oc2cc(Cl)nc(C3CC3)n2)c1. The van der Waals surface area contributed by atoms with Crippen LogP contribution in [0.5, 0.6) is 11.6 Å². The van der Waals surface area contributed by atoms with Gasteiger partial charge in [0.25, 0.3) is 0 Å². The van der Waals surface area contributed by atoms with Crippen molar-refractivity contribution in [1.82, 2.24) is 9.97 Å². The molecule has 0 bridgehead atoms. The maximum atomic E-state index is 6.03. The van der Waals surface area contributed by atoms with Gasteiger partial charge in [-0.05, 0) is 25.0 Å². The van der Waals surface area contributed by atoms with Crippen LogP contribution in [0.2, 0.25) is 5.15 Å². The molecule has 20 heavy (non-hydrogen) atoms. The molecule has 0 amide bonds. The highest BCUT2D eigenvalue weighted by molar-refractivity contribution is 6.29. The maximum absolute atomic E-state index is 6.03. The minimum absolute atomic E-state index is 0.431. The molecule has 3 rings (SSSR count). The molecule has 1 aromatic heterocycles. The molecule has 0 saturated heterocycles. The molecular formula is C15H16ClN3O. The van der Waals surface area contributed by atoms with Gasteiger partial charge in [0.05, 0.1) is 0 Å². The number of hydrogen-bond donors (Lipinski definition) is 0. The average molecular weight is 290 g/mol. The molecule has 4 nitrogen and oxygen atoms in total. The lowest BCUT2D eigenvalue weighted by Gasteiger charge is -2.13. The van der Waals surface area contributed by atoms with Crippen LogP contribution >= 0.6 is 11.6 Å². The summed E-state index contributed by atoms with van der Waals surface area (Å²) < 4.78 is 5.81. The molecule has 0 spiro atoms. The van der Waals surface area contributed by atoms with Crippen LogP contribution in [0, 0.1) is 0 Å². The van der Waals surface area contributed by atoms with E-state index in [2.05, 4.69) is 9.97 Å². The summed E-state index contributed by atoms with van der Waals surface area (Å²) in [6.07, 6.45) is 2.27. The van der Waals surface area contributed by atoms with E-state index in [0.29, 0.717) is 17.0 Å². The summed E-state index contributed by atoms with van der Waals surface area (Å²) in [7, 11) is 3.98. The summed E-state index contributed by atoms with van der Waals surface area (Å²) in [5.74, 6) is 2.48. The molecule has 1 fully saturated rings. The van der Waals surface area contributed by atoms with Gasteiger partial charge in [-0.1, -0.05) is 17.7 Å². The van der Waals surface area contributed by atoms with Crippen molar-refractivity contribution in [1.29, 1.82) is 0 Å². The molecule has 1 aliphatic rings. The molecule has 5 heteroatoms. The first-order valence-corrected chi connectivity index (χ1v) is 6.99. The first kappa shape index (κ1) is 13.2. The summed E-state index contributed by atoms with van der Waals surface area (Å²) >= 11 is 6.03. The fourth-order valence-corrected chi connectivity index (χ4v) is 2.12. The quantitative estimate of drug-likeness (QED) is 0.801. The van der Waals surface area contributed by atoms with Crippen LogP contribution in [-0.4, -0.2) is 24.1 Å². The normalized spacial score (nSPS) is 14.2. The van der Waals surface area contributed by atoms with E-state index in [1.54, 1.807) is 6.07 Å². The number of rotatable bonds is 4. The van der Waals surface area contributed by atoms with Gasteiger partial charge in [0, 0.05) is 37.8 Å². The van der Waals surface area contributed by atoms with Crippen LogP contribution in [0.15, 0.2) is 30.3 Å². The van der Waals surface area contributed by atoms with Crippen molar-refractivity contribution in [2.45, 2.75) is 18.8 Å². The molecule has 0 aliphatic heterocycles. The van der Waals surface area contributed by atoms with Crippen molar-refractivity contribution < 1.29 is 4.74 Å². The standard InChI is InChI=1S/C15H16ClN3O/c1-19(2)11-4-3-5-12(8-11)20-14-9-13(16)17-15(18-14)10-6-7-10/h3-5,8-10H,6-7H2,1-2H3. The highest BCUT2D eigenvalue weighted by Crippen LogP contribution is 2.39. The van der Waals surface area contributed by atoms with Crippen molar-refractivity contribution in [3.05, 3.63) is 41.3 Å². The molecule has 0 radical (unpaired) electrons. The smallest absolute Gasteiger partial charge is 0.224 e. The van der Waals surface area contributed by atoms with Crippen LogP contribution in [0.3, 0.4) is 0 Å². The number of nitrogens with zero attached hydrogens (tertiary/aromatic N) is 3. The zero-order valence-corrected chi connectivity index (χ0v) is 12.3. The van der Waals surface area contributed by atoms with Gasteiger partial charge in [0.1, 0.15) is 16.7 Å². The number of hydrogen-bond acceptors (Lipinski definition) is 4. The predicted octanol–water partition coefficient (Wildman–Crippen LogP) is 3.87. The van der Waals surface area contributed by atoms with E-state index >= 15 is 0 Å². The zero-order chi connectivity index (χ0) is 14.1. The third-order valence-electron chi connectivity index (χ3n) is 3.19. The summed E-state index contributed by atoms with van der Waals surface area (Å²) in [6, 6.07) is 9.49. The van der Waals surface area contributed by atoms with Gasteiger partial charge >= 0.3 is 0 Å². The second-order valence-corrected chi connectivity index (χ2v) is 5.54. The zero-order valence-electron chi connectivity index (χ0n) is 11.5. The number of benzene rings is 1. The van der Waals surface area contributed by atoms with Crippen molar-refractivity contribution in [2.24, 2.45) is 0 Å². The molecular weight excluding hydrogens is 274 g/mol. The van der Waals surface area contributed by atoms with Gasteiger partial charge in [0.15, 0.2) is 0 Å². The first-order valence-electron chi connectivity index (χ1n) is 6.61. The Balaban J connectivity index is 1.85. The van der Waals surface area contributed by atoms with E-state index in [4.69, 9.17) is 16.3 Å². The van der Waals surface area contributed by atoms with Gasteiger partial charge < -0.3 is 9.64 Å². The largest absolute Gasteiger partial charge is 0.439 e. The van der Waals surface area contributed by atoms with Crippen molar-refractivity contribution >= 4 is 17.3 Å². The molecule has 1 aliphatic carbocycles. The first-order chi connectivity index (χ1) is 9.61. The van der Waals surface area contributed by atoms with Crippen LogP contribution < -0.4 is 9.64 Å². The number of halogens is 1. The Morgan fingerprint density at radius 3 is 2.70 bits per heavy atom. The Bertz CT molecular complexity index is 626. The van der Waals surface area contributed by atoms with E-state index in [-0.39, 0.29) is 0 Å². The van der Waals surface area contributed by atoms with Gasteiger partial charge in [-0.3, -0.25) is 0 Å². The molecule has 104 valence electrons. The summed E-state index contributed by atoms with van der Waals surface area (Å²) in [6.45, 7) is 0. The Morgan fingerprint density at radius 1 is 1.20 bits per heavy atom. The van der Waals surface area contributed by atoms with E-state index in [1.807, 2.05) is 43.3 Å². The third kappa shape index (κ3) is 3.02. The Labute approximate surface area is 123 Å². The predicted molar refractivity (Wildman–Crippen MR) is 79.9 cm³/mol. The molecule has 0 unspecified atom stereocenters. The molecule has 0 atom stereocenters. The van der Waals surface area contributed by atoms with Crippen molar-refractivity contribution in [2.75, 3.05) is 19.0 Å². The van der Waals surface area contributed by atoms with E-state index in [1.165, 1.54) is 0 Å². The Kier molecular flexibility index (Phi) is 3.49. The highest BCUT2D eigenvalue weighted by atomic mass is 35.5. The Hall–Kier alpha value is -1.81. The van der Waals surface area contributed by atoms with Crippen LogP contribution in [0.1, 0.15) is 24.6 Å². The lowest BCUT2D eigenvalue weighted by molar-refractivity contribution is 0.458. The van der Waals surface area contributed by atoms with Gasteiger partial charge in [0.2, 0.25) is 5.88 Å². The topological polar surface area (TPSA) is 38.2 Å². The van der Waals surface area contributed by atoms with E-state index in [0.717, 1.165) is 30.1 Å². The van der Waals surface area contributed by atoms with Crippen LogP contribution in [0.25, 0.3) is 0 Å². The summed E-state index contributed by atoms with van der Waals surface area (Å²) in [5, 5.41) is 0.431. The van der Waals surface area contributed by atoms with E-state index in [9.17, 15) is 0 Å². The van der Waals surface area contributed by atoms with Crippen molar-refractivity contribution in [3.8, 4) is 11.6 Å². The maximum Gasteiger partial charge on any atom is 0.224 e. The minimum Gasteiger partial charge on any atom is -0.439 e. The molecule has 1 aromatic carbocycles. The number of aromatic nitrogens is 2. The number of ether oxygens (including phenoxy) is 1. The average Bonchev–Trinajstić information content (AvgIpc) is 3.22. The third-order valence-corrected chi connectivity index (χ3v) is 3.38. The van der Waals surface area contributed by atoms with Gasteiger partial charge in [-0.2, -0.15) is 4.98 Å². The number of anilines is 1. The second kappa shape index (κ2) is 5.29. The monoisotopic (exact) mass is 289 g/mol. The molecule has 2 aromatic rings. The minimum atomic E-state index is 0.431. The van der Waals surface area contributed by atoms with E-state index < -0.39 is 0 Å². The van der Waals surface area contributed by atoms with Crippen molar-refractivity contribution in [3.63, 3.8) is 0 Å². The molecule has 1 heterocycles. The fourth-order valence-electron chi connectivity index (χ4n) is 1.94. The summed E-state index contributed by atoms with van der Waals surface area (Å²) in [4.78, 5) is 10.7. The van der Waals surface area contributed by atoms with Gasteiger partial charge in [-0.15, -0.1) is 0 Å². The Morgan fingerprint density at radius 2 is 2.00 bits per heavy atom. The summed E-state index contributed by atoms with van der Waals surface area (Å²) in [5.41, 5.74) is 1.07. The molecule has 0 N–H and O–H groups in total. The highest BCUT2D eigenvalue weighted by Gasteiger charge is 2.27. The fraction of sp³-hybridized carbons (Fsp3) is 0.333. The van der Waals surface area contributed by atoms with Gasteiger partial charge in [-0.25, -0.2) is 4.98 Å². The lowest BCUT2D eigenvalue weighted by Crippen LogP contribution is -2.08. The van der Waals surface area contributed by atoms with Crippen LogP contribution in [-0.2, 0) is 0 Å². The second-order valence-electron chi connectivity index (χ2n) is 5.16.